The van der Waals surface area contributed by atoms with Gasteiger partial charge < -0.3 is 14.2 Å². The molecule has 28 heavy (non-hydrogen) atoms. The summed E-state index contributed by atoms with van der Waals surface area (Å²) in [7, 11) is 3.24. The van der Waals surface area contributed by atoms with Crippen molar-refractivity contribution in [3.63, 3.8) is 0 Å². The van der Waals surface area contributed by atoms with Crippen molar-refractivity contribution in [3.05, 3.63) is 57.4 Å². The fourth-order valence-corrected chi connectivity index (χ4v) is 4.23. The number of carbonyl (C=O) groups is 1. The summed E-state index contributed by atoms with van der Waals surface area (Å²) in [5, 5.41) is 0. The molecule has 0 spiro atoms. The molecule has 5 nitrogen and oxygen atoms in total. The first-order valence-corrected chi connectivity index (χ1v) is 10.4. The lowest BCUT2D eigenvalue weighted by molar-refractivity contribution is -0.121. The van der Waals surface area contributed by atoms with Gasteiger partial charge in [0, 0.05) is 7.05 Å². The molecular weight excluding hydrogens is 462 g/mol. The van der Waals surface area contributed by atoms with Crippen molar-refractivity contribution in [1.29, 1.82) is 0 Å². The summed E-state index contributed by atoms with van der Waals surface area (Å²) in [6, 6.07) is 13.3. The van der Waals surface area contributed by atoms with Gasteiger partial charge in [-0.2, -0.15) is 0 Å². The van der Waals surface area contributed by atoms with Gasteiger partial charge in [0.05, 0.1) is 16.5 Å². The van der Waals surface area contributed by atoms with Crippen LogP contribution in [0.25, 0.3) is 6.08 Å². The standard InChI is InChI=1S/C20H18BrNO4S2/c1-22-19(23)17(28-20(22)27)12-13-10-15(21)18(16(11-13)24-2)26-9-8-25-14-6-4-3-5-7-14/h3-7,10-12H,8-9H2,1-2H3/b17-12+. The molecule has 1 aliphatic heterocycles. The van der Waals surface area contributed by atoms with Crippen molar-refractivity contribution < 1.29 is 19.0 Å². The minimum Gasteiger partial charge on any atom is -0.493 e. The third-order valence-corrected chi connectivity index (χ3v) is 5.95. The molecule has 0 aliphatic carbocycles. The highest BCUT2D eigenvalue weighted by Crippen LogP contribution is 2.39. The van der Waals surface area contributed by atoms with Crippen LogP contribution in [0, 0.1) is 0 Å². The molecule has 1 saturated heterocycles. The van der Waals surface area contributed by atoms with E-state index in [0.29, 0.717) is 33.9 Å². The number of methoxy groups -OCH3 is 1. The number of hydrogen-bond donors (Lipinski definition) is 0. The van der Waals surface area contributed by atoms with Crippen LogP contribution in [0.2, 0.25) is 0 Å². The van der Waals surface area contributed by atoms with Gasteiger partial charge in [-0.25, -0.2) is 0 Å². The molecular formula is C20H18BrNO4S2. The summed E-state index contributed by atoms with van der Waals surface area (Å²) in [4.78, 5) is 14.2. The second-order valence-corrected chi connectivity index (χ2v) is 8.31. The molecule has 0 radical (unpaired) electrons. The van der Waals surface area contributed by atoms with Crippen LogP contribution in [-0.4, -0.2) is 42.5 Å². The topological polar surface area (TPSA) is 48.0 Å². The van der Waals surface area contributed by atoms with Crippen LogP contribution in [0.4, 0.5) is 0 Å². The van der Waals surface area contributed by atoms with E-state index in [9.17, 15) is 4.79 Å². The Hall–Kier alpha value is -2.03. The fourth-order valence-electron chi connectivity index (χ4n) is 2.48. The predicted molar refractivity (Wildman–Crippen MR) is 119 cm³/mol. The molecule has 1 amide bonds. The summed E-state index contributed by atoms with van der Waals surface area (Å²) in [6.45, 7) is 0.762. The number of thiocarbonyl (C=S) groups is 1. The predicted octanol–water partition coefficient (Wildman–Crippen LogP) is 4.75. The molecule has 8 heteroatoms. The first-order chi connectivity index (χ1) is 13.5. The van der Waals surface area contributed by atoms with Crippen LogP contribution in [0.1, 0.15) is 5.56 Å². The number of hydrogen-bond acceptors (Lipinski definition) is 6. The molecule has 0 bridgehead atoms. The van der Waals surface area contributed by atoms with E-state index < -0.39 is 0 Å². The largest absolute Gasteiger partial charge is 0.493 e. The number of para-hydroxylation sites is 1. The SMILES string of the molecule is COc1cc(/C=C2/SC(=S)N(C)C2=O)cc(Br)c1OCCOc1ccccc1. The number of benzene rings is 2. The summed E-state index contributed by atoms with van der Waals surface area (Å²) in [5.74, 6) is 1.83. The van der Waals surface area contributed by atoms with Crippen LogP contribution in [0.5, 0.6) is 17.2 Å². The van der Waals surface area contributed by atoms with Crippen molar-refractivity contribution >= 4 is 56.2 Å². The van der Waals surface area contributed by atoms with E-state index in [4.69, 9.17) is 26.4 Å². The van der Waals surface area contributed by atoms with E-state index in [1.54, 1.807) is 20.2 Å². The van der Waals surface area contributed by atoms with Crippen molar-refractivity contribution in [3.8, 4) is 17.2 Å². The molecule has 2 aromatic carbocycles. The first-order valence-electron chi connectivity index (χ1n) is 8.39. The van der Waals surface area contributed by atoms with Gasteiger partial charge in [-0.15, -0.1) is 0 Å². The maximum absolute atomic E-state index is 12.2. The molecule has 0 N–H and O–H groups in total. The second kappa shape index (κ2) is 9.45. The maximum Gasteiger partial charge on any atom is 0.265 e. The molecule has 0 saturated carbocycles. The Bertz CT molecular complexity index is 918. The summed E-state index contributed by atoms with van der Waals surface area (Å²) in [5.41, 5.74) is 0.811. The number of carbonyl (C=O) groups excluding carboxylic acids is 1. The number of amides is 1. The minimum absolute atomic E-state index is 0.108. The second-order valence-electron chi connectivity index (χ2n) is 5.78. The highest BCUT2D eigenvalue weighted by atomic mass is 79.9. The Morgan fingerprint density at radius 2 is 1.89 bits per heavy atom. The minimum atomic E-state index is -0.108. The summed E-state index contributed by atoms with van der Waals surface area (Å²) >= 11 is 9.96. The quantitative estimate of drug-likeness (QED) is 0.324. The molecule has 1 fully saturated rings. The summed E-state index contributed by atoms with van der Waals surface area (Å²) < 4.78 is 18.2. The Labute approximate surface area is 181 Å². The van der Waals surface area contributed by atoms with E-state index in [0.717, 1.165) is 15.8 Å². The number of likely N-dealkylation sites (N-methyl/N-ethyl adjacent to an activating group) is 1. The normalized spacial score (nSPS) is 15.2. The molecule has 0 atom stereocenters. The molecule has 1 aliphatic rings. The van der Waals surface area contributed by atoms with E-state index in [-0.39, 0.29) is 5.91 Å². The monoisotopic (exact) mass is 479 g/mol. The van der Waals surface area contributed by atoms with Crippen LogP contribution < -0.4 is 14.2 Å². The highest BCUT2D eigenvalue weighted by molar-refractivity contribution is 9.10. The smallest absolute Gasteiger partial charge is 0.265 e. The average molecular weight is 480 g/mol. The molecule has 2 aromatic rings. The van der Waals surface area contributed by atoms with Crippen LogP contribution >= 0.6 is 39.9 Å². The van der Waals surface area contributed by atoms with E-state index in [2.05, 4.69) is 15.9 Å². The number of thioether (sulfide) groups is 1. The van der Waals surface area contributed by atoms with Crippen molar-refractivity contribution in [2.75, 3.05) is 27.4 Å². The van der Waals surface area contributed by atoms with E-state index >= 15 is 0 Å². The Morgan fingerprint density at radius 3 is 2.54 bits per heavy atom. The van der Waals surface area contributed by atoms with Gasteiger partial charge in [-0.3, -0.25) is 9.69 Å². The third-order valence-electron chi connectivity index (χ3n) is 3.88. The van der Waals surface area contributed by atoms with Gasteiger partial charge in [0.15, 0.2) is 11.5 Å². The van der Waals surface area contributed by atoms with Crippen LogP contribution in [0.15, 0.2) is 51.8 Å². The maximum atomic E-state index is 12.2. The lowest BCUT2D eigenvalue weighted by Crippen LogP contribution is -2.22. The number of nitrogens with zero attached hydrogens (tertiary/aromatic N) is 1. The molecule has 0 unspecified atom stereocenters. The first kappa shape index (κ1) is 20.7. The number of rotatable bonds is 7. The van der Waals surface area contributed by atoms with Gasteiger partial charge in [0.1, 0.15) is 23.3 Å². The zero-order valence-electron chi connectivity index (χ0n) is 15.3. The third kappa shape index (κ3) is 4.87. The highest BCUT2D eigenvalue weighted by Gasteiger charge is 2.28. The Kier molecular flexibility index (Phi) is 6.98. The van der Waals surface area contributed by atoms with Gasteiger partial charge in [-0.1, -0.05) is 42.2 Å². The van der Waals surface area contributed by atoms with Gasteiger partial charge in [-0.05, 0) is 51.8 Å². The van der Waals surface area contributed by atoms with Crippen LogP contribution in [0.3, 0.4) is 0 Å². The lowest BCUT2D eigenvalue weighted by Gasteiger charge is -2.14. The number of ether oxygens (including phenoxy) is 3. The Morgan fingerprint density at radius 1 is 1.18 bits per heavy atom. The lowest BCUT2D eigenvalue weighted by atomic mass is 10.2. The van der Waals surface area contributed by atoms with Crippen LogP contribution in [-0.2, 0) is 4.79 Å². The fraction of sp³-hybridized carbons (Fsp3) is 0.200. The average Bonchev–Trinajstić information content (AvgIpc) is 2.93. The van der Waals surface area contributed by atoms with Gasteiger partial charge in [0.25, 0.3) is 5.91 Å². The van der Waals surface area contributed by atoms with Gasteiger partial charge >= 0.3 is 0 Å². The van der Waals surface area contributed by atoms with Crippen molar-refractivity contribution in [2.45, 2.75) is 0 Å². The van der Waals surface area contributed by atoms with Crippen molar-refractivity contribution in [2.24, 2.45) is 0 Å². The zero-order valence-corrected chi connectivity index (χ0v) is 18.5. The Balaban J connectivity index is 1.69. The van der Waals surface area contributed by atoms with Gasteiger partial charge in [0.2, 0.25) is 0 Å². The van der Waals surface area contributed by atoms with Crippen molar-refractivity contribution in [1.82, 2.24) is 4.90 Å². The number of halogens is 1. The van der Waals surface area contributed by atoms with E-state index in [1.165, 1.54) is 16.7 Å². The summed E-state index contributed by atoms with van der Waals surface area (Å²) in [6.07, 6.45) is 1.79. The molecule has 146 valence electrons. The molecule has 1 heterocycles. The zero-order chi connectivity index (χ0) is 20.1. The molecule has 0 aromatic heterocycles. The molecule has 3 rings (SSSR count). The van der Waals surface area contributed by atoms with E-state index in [1.807, 2.05) is 42.5 Å².